The second-order valence-corrected chi connectivity index (χ2v) is 3.01. The SMILES string of the molecule is COCC(=O)N1CCC[C@H](F)C1. The molecule has 1 rings (SSSR count). The molecule has 0 bridgehead atoms. The van der Waals surface area contributed by atoms with Crippen LogP contribution >= 0.6 is 0 Å². The molecule has 1 aliphatic heterocycles. The van der Waals surface area contributed by atoms with Crippen LogP contribution in [0, 0.1) is 0 Å². The summed E-state index contributed by atoms with van der Waals surface area (Å²) in [5.74, 6) is -0.111. The van der Waals surface area contributed by atoms with E-state index in [2.05, 4.69) is 4.74 Å². The number of nitrogens with zero attached hydrogens (tertiary/aromatic N) is 1. The van der Waals surface area contributed by atoms with Gasteiger partial charge in [-0.1, -0.05) is 0 Å². The van der Waals surface area contributed by atoms with Crippen LogP contribution in [0.3, 0.4) is 0 Å². The largest absolute Gasteiger partial charge is 0.375 e. The number of hydrogen-bond acceptors (Lipinski definition) is 2. The highest BCUT2D eigenvalue weighted by Crippen LogP contribution is 2.12. The molecule has 1 heterocycles. The van der Waals surface area contributed by atoms with E-state index in [1.54, 1.807) is 0 Å². The highest BCUT2D eigenvalue weighted by Gasteiger charge is 2.22. The van der Waals surface area contributed by atoms with Gasteiger partial charge in [0.05, 0.1) is 6.54 Å². The van der Waals surface area contributed by atoms with Crippen molar-refractivity contribution < 1.29 is 13.9 Å². The fourth-order valence-corrected chi connectivity index (χ4v) is 1.37. The van der Waals surface area contributed by atoms with Gasteiger partial charge in [-0.05, 0) is 12.8 Å². The first-order valence-corrected chi connectivity index (χ1v) is 4.15. The van der Waals surface area contributed by atoms with Crippen molar-refractivity contribution >= 4 is 5.91 Å². The molecule has 1 saturated heterocycles. The van der Waals surface area contributed by atoms with Crippen LogP contribution in [-0.4, -0.2) is 43.8 Å². The summed E-state index contributed by atoms with van der Waals surface area (Å²) in [6.07, 6.45) is 0.493. The Morgan fingerprint density at radius 1 is 1.75 bits per heavy atom. The minimum absolute atomic E-state index is 0.0622. The molecule has 0 saturated carbocycles. The molecule has 0 aromatic carbocycles. The lowest BCUT2D eigenvalue weighted by molar-refractivity contribution is -0.137. The van der Waals surface area contributed by atoms with Crippen molar-refractivity contribution in [1.82, 2.24) is 4.90 Å². The molecule has 0 unspecified atom stereocenters. The molecule has 0 N–H and O–H groups in total. The van der Waals surface area contributed by atoms with Crippen LogP contribution in [0.4, 0.5) is 4.39 Å². The van der Waals surface area contributed by atoms with Crippen LogP contribution in [0.15, 0.2) is 0 Å². The molecule has 0 aliphatic carbocycles. The second-order valence-electron chi connectivity index (χ2n) is 3.01. The van der Waals surface area contributed by atoms with Gasteiger partial charge in [0.15, 0.2) is 0 Å². The van der Waals surface area contributed by atoms with E-state index < -0.39 is 6.17 Å². The first-order valence-electron chi connectivity index (χ1n) is 4.15. The van der Waals surface area contributed by atoms with Crippen LogP contribution in [0.25, 0.3) is 0 Å². The third-order valence-corrected chi connectivity index (χ3v) is 1.98. The zero-order valence-corrected chi connectivity index (χ0v) is 7.25. The number of carbonyl (C=O) groups excluding carboxylic acids is 1. The van der Waals surface area contributed by atoms with Crippen LogP contribution in [0.2, 0.25) is 0 Å². The van der Waals surface area contributed by atoms with Gasteiger partial charge in [0, 0.05) is 13.7 Å². The van der Waals surface area contributed by atoms with Gasteiger partial charge in [0.25, 0.3) is 0 Å². The molecule has 0 aromatic heterocycles. The summed E-state index contributed by atoms with van der Waals surface area (Å²) in [6.45, 7) is 0.970. The predicted molar refractivity (Wildman–Crippen MR) is 42.6 cm³/mol. The van der Waals surface area contributed by atoms with E-state index in [1.165, 1.54) is 12.0 Å². The van der Waals surface area contributed by atoms with E-state index in [0.717, 1.165) is 6.42 Å². The average molecular weight is 175 g/mol. The van der Waals surface area contributed by atoms with E-state index in [0.29, 0.717) is 13.0 Å². The summed E-state index contributed by atoms with van der Waals surface area (Å²) in [5.41, 5.74) is 0. The van der Waals surface area contributed by atoms with Crippen molar-refractivity contribution in [2.24, 2.45) is 0 Å². The van der Waals surface area contributed by atoms with Crippen molar-refractivity contribution in [3.63, 3.8) is 0 Å². The van der Waals surface area contributed by atoms with E-state index in [-0.39, 0.29) is 19.1 Å². The minimum Gasteiger partial charge on any atom is -0.375 e. The molecule has 1 amide bonds. The highest BCUT2D eigenvalue weighted by molar-refractivity contribution is 5.77. The number of hydrogen-bond donors (Lipinski definition) is 0. The first-order chi connectivity index (χ1) is 5.74. The Hall–Kier alpha value is -0.640. The number of alkyl halides is 1. The maximum absolute atomic E-state index is 12.8. The van der Waals surface area contributed by atoms with Crippen molar-refractivity contribution in [3.8, 4) is 0 Å². The Balaban J connectivity index is 2.35. The fraction of sp³-hybridized carbons (Fsp3) is 0.875. The monoisotopic (exact) mass is 175 g/mol. The van der Waals surface area contributed by atoms with E-state index >= 15 is 0 Å². The molecule has 1 fully saturated rings. The number of piperidine rings is 1. The Bertz CT molecular complexity index is 163. The number of methoxy groups -OCH3 is 1. The fourth-order valence-electron chi connectivity index (χ4n) is 1.37. The molecule has 0 spiro atoms. The Morgan fingerprint density at radius 3 is 3.08 bits per heavy atom. The zero-order chi connectivity index (χ0) is 8.97. The lowest BCUT2D eigenvalue weighted by Gasteiger charge is -2.28. The lowest BCUT2D eigenvalue weighted by Crippen LogP contribution is -2.42. The Kier molecular flexibility index (Phi) is 3.47. The van der Waals surface area contributed by atoms with E-state index in [9.17, 15) is 9.18 Å². The van der Waals surface area contributed by atoms with Gasteiger partial charge in [-0.2, -0.15) is 0 Å². The minimum atomic E-state index is -0.848. The van der Waals surface area contributed by atoms with Gasteiger partial charge >= 0.3 is 0 Å². The number of rotatable bonds is 2. The zero-order valence-electron chi connectivity index (χ0n) is 7.25. The van der Waals surface area contributed by atoms with E-state index in [1.807, 2.05) is 0 Å². The smallest absolute Gasteiger partial charge is 0.248 e. The van der Waals surface area contributed by atoms with Crippen molar-refractivity contribution in [3.05, 3.63) is 0 Å². The van der Waals surface area contributed by atoms with Gasteiger partial charge in [-0.25, -0.2) is 4.39 Å². The van der Waals surface area contributed by atoms with Crippen LogP contribution in [0.5, 0.6) is 0 Å². The predicted octanol–water partition coefficient (Wildman–Crippen LogP) is 0.593. The second kappa shape index (κ2) is 4.40. The maximum Gasteiger partial charge on any atom is 0.248 e. The van der Waals surface area contributed by atoms with Crippen LogP contribution in [-0.2, 0) is 9.53 Å². The van der Waals surface area contributed by atoms with Gasteiger partial charge in [-0.15, -0.1) is 0 Å². The van der Waals surface area contributed by atoms with Crippen molar-refractivity contribution in [1.29, 1.82) is 0 Å². The molecule has 0 aromatic rings. The molecule has 70 valence electrons. The topological polar surface area (TPSA) is 29.5 Å². The van der Waals surface area contributed by atoms with Gasteiger partial charge in [-0.3, -0.25) is 4.79 Å². The number of amides is 1. The van der Waals surface area contributed by atoms with Crippen molar-refractivity contribution in [2.45, 2.75) is 19.0 Å². The highest BCUT2D eigenvalue weighted by atomic mass is 19.1. The Labute approximate surface area is 71.5 Å². The van der Waals surface area contributed by atoms with Gasteiger partial charge in [0.2, 0.25) is 5.91 Å². The molecule has 1 aliphatic rings. The molecular weight excluding hydrogens is 161 g/mol. The van der Waals surface area contributed by atoms with Crippen molar-refractivity contribution in [2.75, 3.05) is 26.8 Å². The number of ether oxygens (including phenoxy) is 1. The molecular formula is C8H14FNO2. The Morgan fingerprint density at radius 2 is 2.50 bits per heavy atom. The number of carbonyl (C=O) groups is 1. The summed E-state index contributed by atoms with van der Waals surface area (Å²) >= 11 is 0. The van der Waals surface area contributed by atoms with Gasteiger partial charge < -0.3 is 9.64 Å². The van der Waals surface area contributed by atoms with Crippen LogP contribution in [0.1, 0.15) is 12.8 Å². The first kappa shape index (κ1) is 9.45. The summed E-state index contributed by atoms with van der Waals surface area (Å²) in [5, 5.41) is 0. The third kappa shape index (κ3) is 2.44. The van der Waals surface area contributed by atoms with E-state index in [4.69, 9.17) is 0 Å². The normalized spacial score (nSPS) is 24.2. The summed E-state index contributed by atoms with van der Waals surface area (Å²) in [6, 6.07) is 0. The maximum atomic E-state index is 12.8. The molecule has 4 heteroatoms. The van der Waals surface area contributed by atoms with Gasteiger partial charge in [0.1, 0.15) is 12.8 Å². The molecule has 1 atom stereocenters. The quantitative estimate of drug-likeness (QED) is 0.615. The average Bonchev–Trinajstić information content (AvgIpc) is 2.05. The number of likely N-dealkylation sites (tertiary alicyclic amines) is 1. The summed E-state index contributed by atoms with van der Waals surface area (Å²) < 4.78 is 17.5. The summed E-state index contributed by atoms with van der Waals surface area (Å²) in [7, 11) is 1.47. The number of halogens is 1. The molecule has 3 nitrogen and oxygen atoms in total. The molecule has 0 radical (unpaired) electrons. The standard InChI is InChI=1S/C8H14FNO2/c1-12-6-8(11)10-4-2-3-7(9)5-10/h7H,2-6H2,1H3/t7-/m0/s1. The third-order valence-electron chi connectivity index (χ3n) is 1.98. The summed E-state index contributed by atoms with van der Waals surface area (Å²) in [4.78, 5) is 12.7. The molecule has 12 heavy (non-hydrogen) atoms. The van der Waals surface area contributed by atoms with Crippen LogP contribution < -0.4 is 0 Å². The lowest BCUT2D eigenvalue weighted by atomic mass is 10.1.